The molecule has 7 nitrogen and oxygen atoms in total. The predicted octanol–water partition coefficient (Wildman–Crippen LogP) is 3.89. The second-order valence-corrected chi connectivity index (χ2v) is 7.42. The molecule has 150 valence electrons. The van der Waals surface area contributed by atoms with Gasteiger partial charge in [0.15, 0.2) is 0 Å². The molecule has 0 atom stereocenters. The number of halogens is 4. The molecule has 0 saturated carbocycles. The minimum atomic E-state index is -0.805. The van der Waals surface area contributed by atoms with Gasteiger partial charge in [0.2, 0.25) is 5.91 Å². The average Bonchev–Trinajstić information content (AvgIpc) is 2.95. The van der Waals surface area contributed by atoms with Gasteiger partial charge >= 0.3 is 0 Å². The first-order valence-electron chi connectivity index (χ1n) is 8.01. The molecule has 11 heteroatoms. The van der Waals surface area contributed by atoms with E-state index in [2.05, 4.69) is 10.6 Å². The Morgan fingerprint density at radius 1 is 0.862 bits per heavy atom. The lowest BCUT2D eigenvalue weighted by molar-refractivity contribution is -0.116. The zero-order chi connectivity index (χ0) is 21.5. The van der Waals surface area contributed by atoms with Crippen LogP contribution < -0.4 is 10.6 Å². The molecule has 4 amide bonds. The summed E-state index contributed by atoms with van der Waals surface area (Å²) in [4.78, 5) is 49.8. The third-order valence-corrected chi connectivity index (χ3v) is 5.95. The Morgan fingerprint density at radius 3 is 1.79 bits per heavy atom. The largest absolute Gasteiger partial charge is 0.355 e. The molecular formula is C18H11Cl4N3O4. The fourth-order valence-electron chi connectivity index (χ4n) is 2.73. The van der Waals surface area contributed by atoms with Crippen molar-refractivity contribution >= 4 is 75.7 Å². The third-order valence-electron chi connectivity index (χ3n) is 4.14. The van der Waals surface area contributed by atoms with Gasteiger partial charge in [0.05, 0.1) is 31.2 Å². The van der Waals surface area contributed by atoms with Crippen molar-refractivity contribution in [2.24, 2.45) is 0 Å². The van der Waals surface area contributed by atoms with E-state index in [1.165, 1.54) is 31.3 Å². The molecular weight excluding hydrogens is 464 g/mol. The Bertz CT molecular complexity index is 1020. The van der Waals surface area contributed by atoms with Gasteiger partial charge in [0.25, 0.3) is 17.7 Å². The second kappa shape index (κ2) is 8.20. The number of hydrogen-bond donors (Lipinski definition) is 2. The number of hydrogen-bond acceptors (Lipinski definition) is 4. The molecule has 3 rings (SSSR count). The summed E-state index contributed by atoms with van der Waals surface area (Å²) in [5, 5.41) is 4.30. The number of carbonyl (C=O) groups excluding carboxylic acids is 4. The van der Waals surface area contributed by atoms with Gasteiger partial charge in [-0.25, -0.2) is 0 Å². The van der Waals surface area contributed by atoms with E-state index in [0.29, 0.717) is 16.2 Å². The third kappa shape index (κ3) is 3.79. The second-order valence-electron chi connectivity index (χ2n) is 5.91. The van der Waals surface area contributed by atoms with E-state index >= 15 is 0 Å². The van der Waals surface area contributed by atoms with Gasteiger partial charge in [-0.1, -0.05) is 46.4 Å². The molecule has 1 heterocycles. The fraction of sp³-hybridized carbons (Fsp3) is 0.111. The molecule has 0 radical (unpaired) electrons. The fourth-order valence-corrected chi connectivity index (χ4v) is 3.75. The van der Waals surface area contributed by atoms with Crippen LogP contribution in [0.25, 0.3) is 0 Å². The van der Waals surface area contributed by atoms with Crippen molar-refractivity contribution in [3.8, 4) is 0 Å². The number of rotatable bonds is 4. The Kier molecular flexibility index (Phi) is 6.05. The monoisotopic (exact) mass is 473 g/mol. The molecule has 2 aromatic rings. The van der Waals surface area contributed by atoms with Gasteiger partial charge in [0.1, 0.15) is 6.54 Å². The van der Waals surface area contributed by atoms with Crippen LogP contribution in [-0.4, -0.2) is 42.1 Å². The summed E-state index contributed by atoms with van der Waals surface area (Å²) in [7, 11) is 1.50. The van der Waals surface area contributed by atoms with Crippen molar-refractivity contribution in [2.45, 2.75) is 0 Å². The highest BCUT2D eigenvalue weighted by molar-refractivity contribution is 6.55. The van der Waals surface area contributed by atoms with Gasteiger partial charge in [-0.15, -0.1) is 0 Å². The first kappa shape index (κ1) is 21.4. The highest BCUT2D eigenvalue weighted by Crippen LogP contribution is 2.44. The van der Waals surface area contributed by atoms with E-state index < -0.39 is 24.3 Å². The van der Waals surface area contributed by atoms with E-state index in [1.54, 1.807) is 0 Å². The topological polar surface area (TPSA) is 95.6 Å². The lowest BCUT2D eigenvalue weighted by Crippen LogP contribution is -2.37. The van der Waals surface area contributed by atoms with Crippen LogP contribution in [-0.2, 0) is 4.79 Å². The molecule has 0 fully saturated rings. The lowest BCUT2D eigenvalue weighted by Gasteiger charge is -2.14. The number of nitrogens with zero attached hydrogens (tertiary/aromatic N) is 1. The van der Waals surface area contributed by atoms with Crippen LogP contribution in [0.5, 0.6) is 0 Å². The van der Waals surface area contributed by atoms with Crippen LogP contribution in [0.3, 0.4) is 0 Å². The van der Waals surface area contributed by atoms with Crippen molar-refractivity contribution < 1.29 is 19.2 Å². The maximum Gasteiger partial charge on any atom is 0.263 e. The van der Waals surface area contributed by atoms with Crippen LogP contribution >= 0.6 is 46.4 Å². The van der Waals surface area contributed by atoms with E-state index in [9.17, 15) is 19.2 Å². The average molecular weight is 475 g/mol. The summed E-state index contributed by atoms with van der Waals surface area (Å²) in [6.45, 7) is -0.578. The van der Waals surface area contributed by atoms with Gasteiger partial charge < -0.3 is 10.6 Å². The maximum absolute atomic E-state index is 12.6. The normalized spacial score (nSPS) is 12.8. The summed E-state index contributed by atoms with van der Waals surface area (Å²) in [5.74, 6) is -2.53. The number of anilines is 1. The van der Waals surface area contributed by atoms with Crippen molar-refractivity contribution in [3.05, 3.63) is 61.0 Å². The summed E-state index contributed by atoms with van der Waals surface area (Å²) >= 11 is 24.0. The number of imide groups is 1. The Hall–Kier alpha value is -2.32. The molecule has 0 unspecified atom stereocenters. The summed E-state index contributed by atoms with van der Waals surface area (Å²) in [6, 6.07) is 6.05. The first-order chi connectivity index (χ1) is 13.7. The molecule has 0 aliphatic carbocycles. The van der Waals surface area contributed by atoms with E-state index in [0.717, 1.165) is 0 Å². The van der Waals surface area contributed by atoms with Gasteiger partial charge in [-0.2, -0.15) is 0 Å². The molecule has 0 spiro atoms. The predicted molar refractivity (Wildman–Crippen MR) is 110 cm³/mol. The van der Waals surface area contributed by atoms with Gasteiger partial charge in [-0.05, 0) is 24.3 Å². The molecule has 0 aromatic heterocycles. The Labute approximate surface area is 184 Å². The van der Waals surface area contributed by atoms with Crippen molar-refractivity contribution in [2.75, 3.05) is 18.9 Å². The number of carbonyl (C=O) groups is 4. The molecule has 1 aliphatic heterocycles. The van der Waals surface area contributed by atoms with Crippen molar-refractivity contribution in [3.63, 3.8) is 0 Å². The minimum Gasteiger partial charge on any atom is -0.355 e. The van der Waals surface area contributed by atoms with E-state index in [4.69, 9.17) is 46.4 Å². The van der Waals surface area contributed by atoms with Crippen LogP contribution in [0.1, 0.15) is 31.1 Å². The zero-order valence-corrected chi connectivity index (χ0v) is 17.6. The molecule has 2 N–H and O–H groups in total. The van der Waals surface area contributed by atoms with E-state index in [-0.39, 0.29) is 37.1 Å². The van der Waals surface area contributed by atoms with Crippen LogP contribution in [0.15, 0.2) is 24.3 Å². The van der Waals surface area contributed by atoms with Gasteiger partial charge in [-0.3, -0.25) is 24.1 Å². The quantitative estimate of drug-likeness (QED) is 0.399. The lowest BCUT2D eigenvalue weighted by atomic mass is 10.1. The Balaban J connectivity index is 1.79. The standard InChI is InChI=1S/C18H11Cl4N3O4/c1-23-16(27)7-2-4-8(5-3-7)24-9(26)6-25-17(28)10-11(18(25)29)13(20)15(22)14(21)12(10)19/h2-5H,6H2,1H3,(H,23,27)(H,24,26). The van der Waals surface area contributed by atoms with Crippen molar-refractivity contribution in [1.82, 2.24) is 10.2 Å². The van der Waals surface area contributed by atoms with Gasteiger partial charge in [0, 0.05) is 18.3 Å². The molecule has 1 aliphatic rings. The number of nitrogens with one attached hydrogen (secondary N) is 2. The van der Waals surface area contributed by atoms with Crippen molar-refractivity contribution in [1.29, 1.82) is 0 Å². The first-order valence-corrected chi connectivity index (χ1v) is 9.52. The number of fused-ring (bicyclic) bond motifs is 1. The smallest absolute Gasteiger partial charge is 0.263 e. The molecule has 0 bridgehead atoms. The molecule has 29 heavy (non-hydrogen) atoms. The van der Waals surface area contributed by atoms with Crippen LogP contribution in [0, 0.1) is 0 Å². The highest BCUT2D eigenvalue weighted by atomic mass is 35.5. The SMILES string of the molecule is CNC(=O)c1ccc(NC(=O)CN2C(=O)c3c(Cl)c(Cl)c(Cl)c(Cl)c3C2=O)cc1. The summed E-state index contributed by atoms with van der Waals surface area (Å²) < 4.78 is 0. The highest BCUT2D eigenvalue weighted by Gasteiger charge is 2.42. The molecule has 2 aromatic carbocycles. The Morgan fingerprint density at radius 2 is 1.34 bits per heavy atom. The summed E-state index contributed by atoms with van der Waals surface area (Å²) in [5.41, 5.74) is 0.392. The number of amides is 4. The maximum atomic E-state index is 12.6. The minimum absolute atomic E-state index is 0.152. The van der Waals surface area contributed by atoms with E-state index in [1.807, 2.05) is 0 Å². The van der Waals surface area contributed by atoms with Crippen LogP contribution in [0.4, 0.5) is 5.69 Å². The zero-order valence-electron chi connectivity index (χ0n) is 14.6. The summed E-state index contributed by atoms with van der Waals surface area (Å²) in [6.07, 6.45) is 0. The molecule has 0 saturated heterocycles. The van der Waals surface area contributed by atoms with Crippen LogP contribution in [0.2, 0.25) is 20.1 Å². The number of benzene rings is 2.